The van der Waals surface area contributed by atoms with E-state index < -0.39 is 55.8 Å². The quantitative estimate of drug-likeness (QED) is 0.0719. The number of benzene rings is 4. The molecule has 8 rings (SSSR count). The minimum Gasteiger partial charge on any atom is -0.497 e. The van der Waals surface area contributed by atoms with Gasteiger partial charge in [0.2, 0.25) is 0 Å². The summed E-state index contributed by atoms with van der Waals surface area (Å²) < 4.78 is 34.9. The molecule has 1 N–H and O–H groups in total. The summed E-state index contributed by atoms with van der Waals surface area (Å²) in [7, 11) is 0.674. The molecule has 2 amide bonds. The van der Waals surface area contributed by atoms with Crippen LogP contribution in [-0.2, 0) is 26.0 Å². The summed E-state index contributed by atoms with van der Waals surface area (Å²) in [5.41, 5.74) is 1.79. The molecule has 4 aromatic carbocycles. The lowest BCUT2D eigenvalue weighted by Gasteiger charge is -2.40. The van der Waals surface area contributed by atoms with Gasteiger partial charge in [-0.1, -0.05) is 87.5 Å². The molecule has 2 aliphatic heterocycles. The van der Waals surface area contributed by atoms with Gasteiger partial charge in [0.1, 0.15) is 41.7 Å². The number of carbonyl (C=O) groups is 2. The molecule has 2 aliphatic rings. The number of hydrogen-bond acceptors (Lipinski definition) is 11. The SMILES string of the molecule is COc1ccc(C(OC[C@H]2O[C@@H](n3cnc4c(=O)n(CCN5C(=O)c6ccccc6C5=O)cnc43)[C@H](O[Si](C)(C)C(C)(C)C)[C@@H]2O)(c2ccccc2)c2ccc(OC)cc2)cc1. The van der Waals surface area contributed by atoms with E-state index in [1.54, 1.807) is 43.1 Å². The van der Waals surface area contributed by atoms with Gasteiger partial charge < -0.3 is 28.5 Å². The highest BCUT2D eigenvalue weighted by molar-refractivity contribution is 6.74. The molecular weight excluding hydrogens is 807 g/mol. The van der Waals surface area contributed by atoms with Gasteiger partial charge in [-0.05, 0) is 71.2 Å². The van der Waals surface area contributed by atoms with E-state index in [-0.39, 0.29) is 35.9 Å². The fourth-order valence-electron chi connectivity index (χ4n) is 7.95. The minimum atomic E-state index is -2.56. The fourth-order valence-corrected chi connectivity index (χ4v) is 9.24. The second-order valence-corrected chi connectivity index (χ2v) is 21.8. The van der Waals surface area contributed by atoms with Gasteiger partial charge in [0.05, 0.1) is 38.3 Å². The third-order valence-corrected chi connectivity index (χ3v) is 16.9. The fraction of sp³-hybridized carbons (Fsp3) is 0.340. The summed E-state index contributed by atoms with van der Waals surface area (Å²) >= 11 is 0. The third kappa shape index (κ3) is 7.53. The Kier molecular flexibility index (Phi) is 11.5. The van der Waals surface area contributed by atoms with Crippen molar-refractivity contribution in [3.05, 3.63) is 154 Å². The van der Waals surface area contributed by atoms with Gasteiger partial charge in [-0.3, -0.25) is 28.4 Å². The summed E-state index contributed by atoms with van der Waals surface area (Å²) in [6, 6.07) is 31.9. The van der Waals surface area contributed by atoms with Crippen molar-refractivity contribution in [2.24, 2.45) is 0 Å². The maximum Gasteiger partial charge on any atom is 0.281 e. The van der Waals surface area contributed by atoms with E-state index in [0.29, 0.717) is 22.6 Å². The van der Waals surface area contributed by atoms with Crippen LogP contribution in [0.3, 0.4) is 0 Å². The molecule has 0 spiro atoms. The van der Waals surface area contributed by atoms with E-state index >= 15 is 0 Å². The molecule has 0 unspecified atom stereocenters. The summed E-state index contributed by atoms with van der Waals surface area (Å²) in [4.78, 5) is 50.2. The summed E-state index contributed by atoms with van der Waals surface area (Å²) in [5, 5.41) is 12.1. The number of hydrogen-bond donors (Lipinski definition) is 1. The summed E-state index contributed by atoms with van der Waals surface area (Å²) in [5.74, 6) is 0.553. The van der Waals surface area contributed by atoms with Crippen molar-refractivity contribution in [1.82, 2.24) is 24.0 Å². The first-order chi connectivity index (χ1) is 29.7. The van der Waals surface area contributed by atoms with Crippen LogP contribution in [0.4, 0.5) is 0 Å². The minimum absolute atomic E-state index is 0.0147. The number of aliphatic hydroxyl groups excluding tert-OH is 1. The molecule has 0 saturated carbocycles. The Hall–Kier alpha value is -5.97. The molecule has 1 saturated heterocycles. The number of ether oxygens (including phenoxy) is 4. The molecule has 0 bridgehead atoms. The Labute approximate surface area is 360 Å². The zero-order chi connectivity index (χ0) is 44.0. The van der Waals surface area contributed by atoms with Gasteiger partial charge in [-0.25, -0.2) is 9.97 Å². The smallest absolute Gasteiger partial charge is 0.281 e. The maximum atomic E-state index is 13.9. The van der Waals surface area contributed by atoms with Gasteiger partial charge in [0.25, 0.3) is 17.4 Å². The molecular formula is C47H51N5O9Si. The Bertz CT molecular complexity index is 2560. The van der Waals surface area contributed by atoms with Gasteiger partial charge >= 0.3 is 0 Å². The molecule has 6 aromatic rings. The first-order valence-corrected chi connectivity index (χ1v) is 23.5. The van der Waals surface area contributed by atoms with Gasteiger partial charge in [-0.2, -0.15) is 0 Å². The van der Waals surface area contributed by atoms with E-state index in [1.807, 2.05) is 78.9 Å². The van der Waals surface area contributed by atoms with E-state index in [2.05, 4.69) is 43.8 Å². The number of amides is 2. The van der Waals surface area contributed by atoms with Crippen LogP contribution in [0.25, 0.3) is 11.2 Å². The predicted octanol–water partition coefficient (Wildman–Crippen LogP) is 6.56. The molecule has 62 heavy (non-hydrogen) atoms. The average Bonchev–Trinajstić information content (AvgIpc) is 3.92. The summed E-state index contributed by atoms with van der Waals surface area (Å²) in [6.45, 7) is 10.5. The molecule has 15 heteroatoms. The van der Waals surface area contributed by atoms with Crippen LogP contribution < -0.4 is 15.0 Å². The average molecular weight is 858 g/mol. The second kappa shape index (κ2) is 16.7. The molecule has 322 valence electrons. The topological polar surface area (TPSA) is 156 Å². The van der Waals surface area contributed by atoms with Crippen molar-refractivity contribution < 1.29 is 38.1 Å². The van der Waals surface area contributed by atoms with Crippen LogP contribution in [0.1, 0.15) is 64.4 Å². The predicted molar refractivity (Wildman–Crippen MR) is 234 cm³/mol. The van der Waals surface area contributed by atoms with Crippen molar-refractivity contribution >= 4 is 31.3 Å². The number of rotatable bonds is 14. The highest BCUT2D eigenvalue weighted by atomic mass is 28.4. The third-order valence-electron chi connectivity index (χ3n) is 12.5. The number of imidazole rings is 1. The Morgan fingerprint density at radius 1 is 0.726 bits per heavy atom. The van der Waals surface area contributed by atoms with E-state index in [4.69, 9.17) is 23.4 Å². The molecule has 4 atom stereocenters. The zero-order valence-corrected chi connectivity index (χ0v) is 36.8. The van der Waals surface area contributed by atoms with Gasteiger partial charge in [0.15, 0.2) is 25.7 Å². The number of fused-ring (bicyclic) bond motifs is 2. The largest absolute Gasteiger partial charge is 0.497 e. The first-order valence-electron chi connectivity index (χ1n) is 20.6. The molecule has 0 aliphatic carbocycles. The number of nitrogens with zero attached hydrogens (tertiary/aromatic N) is 5. The van der Waals surface area contributed by atoms with Crippen LogP contribution >= 0.6 is 0 Å². The molecule has 2 aromatic heterocycles. The number of methoxy groups -OCH3 is 2. The van der Waals surface area contributed by atoms with Crippen molar-refractivity contribution in [2.75, 3.05) is 27.4 Å². The highest BCUT2D eigenvalue weighted by Crippen LogP contribution is 2.45. The van der Waals surface area contributed by atoms with Crippen LogP contribution in [0.5, 0.6) is 11.5 Å². The van der Waals surface area contributed by atoms with E-state index in [1.165, 1.54) is 17.2 Å². The standard InChI is InChI=1S/C47H51N5O9Si/c1-46(2,3)62(6,7)61-40-39(53)37(27-59-47(30-13-9-8-10-14-30,31-17-21-33(57-4)22-18-31)32-19-23-34(58-5)24-20-32)60-45(40)52-29-48-38-41(52)49-28-50(44(38)56)25-26-51-42(54)35-15-11-12-16-36(35)43(51)55/h8-24,28-29,37,39-40,45,53H,25-27H2,1-7H3/t37-,39-,40-,45-/m1/s1. The highest BCUT2D eigenvalue weighted by Gasteiger charge is 2.52. The van der Waals surface area contributed by atoms with Crippen LogP contribution in [0.2, 0.25) is 18.1 Å². The van der Waals surface area contributed by atoms with E-state index in [0.717, 1.165) is 21.6 Å². The van der Waals surface area contributed by atoms with Crippen LogP contribution in [0, 0.1) is 0 Å². The van der Waals surface area contributed by atoms with Gasteiger partial charge in [0, 0.05) is 13.1 Å². The Balaban J connectivity index is 1.13. The monoisotopic (exact) mass is 857 g/mol. The van der Waals surface area contributed by atoms with Crippen molar-refractivity contribution in [3.8, 4) is 11.5 Å². The first kappa shape index (κ1) is 42.7. The number of carbonyl (C=O) groups excluding carboxylic acids is 2. The van der Waals surface area contributed by atoms with Crippen molar-refractivity contribution in [1.29, 1.82) is 0 Å². The van der Waals surface area contributed by atoms with Crippen LogP contribution in [0.15, 0.2) is 121 Å². The summed E-state index contributed by atoms with van der Waals surface area (Å²) in [6.07, 6.45) is -1.09. The molecule has 0 radical (unpaired) electrons. The molecule has 1 fully saturated rings. The second-order valence-electron chi connectivity index (χ2n) is 17.1. The number of aromatic nitrogens is 4. The van der Waals surface area contributed by atoms with Crippen molar-refractivity contribution in [3.63, 3.8) is 0 Å². The lowest BCUT2D eigenvalue weighted by molar-refractivity contribution is -0.0940. The molecule has 4 heterocycles. The number of aliphatic hydroxyl groups is 1. The van der Waals surface area contributed by atoms with Crippen LogP contribution in [-0.4, -0.2) is 94.9 Å². The van der Waals surface area contributed by atoms with Crippen molar-refractivity contribution in [2.45, 2.75) is 75.6 Å². The maximum absolute atomic E-state index is 13.9. The Morgan fingerprint density at radius 3 is 1.82 bits per heavy atom. The lowest BCUT2D eigenvalue weighted by Crippen LogP contribution is -2.49. The van der Waals surface area contributed by atoms with E-state index in [9.17, 15) is 19.5 Å². The Morgan fingerprint density at radius 2 is 1.27 bits per heavy atom. The van der Waals surface area contributed by atoms with Gasteiger partial charge in [-0.15, -0.1) is 0 Å². The lowest BCUT2D eigenvalue weighted by atomic mass is 9.80. The molecule has 14 nitrogen and oxygen atoms in total. The number of imide groups is 1. The normalized spacial score (nSPS) is 19.3. The zero-order valence-electron chi connectivity index (χ0n) is 35.8.